The smallest absolute Gasteiger partial charge is 0.263 e. The minimum Gasteiger partial charge on any atom is -0.484 e. The Balaban J connectivity index is 1.86. The van der Waals surface area contributed by atoms with Crippen molar-refractivity contribution in [2.75, 3.05) is 11.9 Å². The van der Waals surface area contributed by atoms with Gasteiger partial charge in [0.1, 0.15) is 11.6 Å². The number of hydrogen-bond acceptors (Lipinski definition) is 4. The van der Waals surface area contributed by atoms with Crippen molar-refractivity contribution in [3.8, 4) is 11.8 Å². The van der Waals surface area contributed by atoms with Crippen LogP contribution in [-0.2, 0) is 4.79 Å². The third-order valence-corrected chi connectivity index (χ3v) is 2.45. The molecule has 6 nitrogen and oxygen atoms in total. The van der Waals surface area contributed by atoms with Crippen molar-refractivity contribution in [3.63, 3.8) is 0 Å². The molecular weight excluding hydrogens is 244 g/mol. The summed E-state index contributed by atoms with van der Waals surface area (Å²) < 4.78 is 5.30. The summed E-state index contributed by atoms with van der Waals surface area (Å²) >= 11 is 0. The first-order valence-electron chi connectivity index (χ1n) is 5.62. The van der Waals surface area contributed by atoms with Crippen molar-refractivity contribution in [2.45, 2.75) is 6.92 Å². The Hall–Kier alpha value is -2.81. The molecule has 1 heterocycles. The number of carbonyl (C=O) groups is 1. The standard InChI is InChI=1S/C13H12N4O2/c1-9-7-15-17-13(9)16-12(18)8-19-11-4-2-10(6-14)3-5-11/h2-5,7H,8H2,1H3,(H2,15,16,17,18). The molecule has 0 saturated heterocycles. The Morgan fingerprint density at radius 2 is 2.21 bits per heavy atom. The second kappa shape index (κ2) is 5.69. The van der Waals surface area contributed by atoms with Gasteiger partial charge < -0.3 is 10.1 Å². The van der Waals surface area contributed by atoms with E-state index in [0.717, 1.165) is 5.56 Å². The third kappa shape index (κ3) is 3.33. The summed E-state index contributed by atoms with van der Waals surface area (Å²) in [6.45, 7) is 1.73. The van der Waals surface area contributed by atoms with Crippen LogP contribution >= 0.6 is 0 Å². The van der Waals surface area contributed by atoms with Crippen molar-refractivity contribution in [2.24, 2.45) is 0 Å². The summed E-state index contributed by atoms with van der Waals surface area (Å²) in [6.07, 6.45) is 1.62. The van der Waals surface area contributed by atoms with Gasteiger partial charge in [-0.3, -0.25) is 9.89 Å². The van der Waals surface area contributed by atoms with Crippen LogP contribution in [0.1, 0.15) is 11.1 Å². The molecule has 0 fully saturated rings. The van der Waals surface area contributed by atoms with E-state index in [4.69, 9.17) is 10.00 Å². The fraction of sp³-hybridized carbons (Fsp3) is 0.154. The van der Waals surface area contributed by atoms with Crippen molar-refractivity contribution < 1.29 is 9.53 Å². The Morgan fingerprint density at radius 1 is 1.47 bits per heavy atom. The molecule has 2 rings (SSSR count). The lowest BCUT2D eigenvalue weighted by molar-refractivity contribution is -0.118. The molecule has 1 aromatic carbocycles. The minimum atomic E-state index is -0.281. The maximum atomic E-state index is 11.6. The van der Waals surface area contributed by atoms with Crippen molar-refractivity contribution in [1.29, 1.82) is 5.26 Å². The summed E-state index contributed by atoms with van der Waals surface area (Å²) in [5.74, 6) is 0.820. The van der Waals surface area contributed by atoms with Gasteiger partial charge >= 0.3 is 0 Å². The Labute approximate surface area is 110 Å². The number of anilines is 1. The van der Waals surface area contributed by atoms with Crippen LogP contribution in [-0.4, -0.2) is 22.7 Å². The van der Waals surface area contributed by atoms with Gasteiger partial charge in [0.2, 0.25) is 0 Å². The van der Waals surface area contributed by atoms with Gasteiger partial charge in [-0.15, -0.1) is 0 Å². The molecule has 0 spiro atoms. The molecule has 0 unspecified atom stereocenters. The SMILES string of the molecule is Cc1cn[nH]c1NC(=O)COc1ccc(C#N)cc1. The van der Waals surface area contributed by atoms with Crippen LogP contribution < -0.4 is 10.1 Å². The Bertz CT molecular complexity index is 610. The zero-order chi connectivity index (χ0) is 13.7. The fourth-order valence-electron chi connectivity index (χ4n) is 1.42. The number of aromatic nitrogens is 2. The normalized spacial score (nSPS) is 9.68. The van der Waals surface area contributed by atoms with E-state index >= 15 is 0 Å². The molecule has 0 radical (unpaired) electrons. The van der Waals surface area contributed by atoms with Crippen molar-refractivity contribution in [3.05, 3.63) is 41.6 Å². The highest BCUT2D eigenvalue weighted by molar-refractivity contribution is 5.91. The van der Waals surface area contributed by atoms with Crippen LogP contribution in [0.4, 0.5) is 5.82 Å². The molecule has 0 bridgehead atoms. The number of benzene rings is 1. The predicted octanol–water partition coefficient (Wildman–Crippen LogP) is 1.61. The number of aryl methyl sites for hydroxylation is 1. The molecule has 2 aromatic rings. The topological polar surface area (TPSA) is 90.8 Å². The predicted molar refractivity (Wildman–Crippen MR) is 68.6 cm³/mol. The molecule has 1 aromatic heterocycles. The molecule has 19 heavy (non-hydrogen) atoms. The number of hydrogen-bond donors (Lipinski definition) is 2. The number of aromatic amines is 1. The van der Waals surface area contributed by atoms with Gasteiger partial charge in [-0.1, -0.05) is 0 Å². The van der Waals surface area contributed by atoms with Crippen LogP contribution in [0.5, 0.6) is 5.75 Å². The molecule has 1 amide bonds. The number of H-pyrrole nitrogens is 1. The minimum absolute atomic E-state index is 0.107. The first kappa shape index (κ1) is 12.6. The molecule has 0 saturated carbocycles. The van der Waals surface area contributed by atoms with Gasteiger partial charge in [0.15, 0.2) is 6.61 Å². The molecule has 0 aliphatic rings. The van der Waals surface area contributed by atoms with Crippen LogP contribution in [0.25, 0.3) is 0 Å². The highest BCUT2D eigenvalue weighted by Gasteiger charge is 2.06. The lowest BCUT2D eigenvalue weighted by atomic mass is 10.2. The average Bonchev–Trinajstić information content (AvgIpc) is 2.82. The van der Waals surface area contributed by atoms with Gasteiger partial charge in [-0.2, -0.15) is 10.4 Å². The van der Waals surface area contributed by atoms with E-state index in [2.05, 4.69) is 15.5 Å². The molecule has 96 valence electrons. The number of carbonyl (C=O) groups excluding carboxylic acids is 1. The van der Waals surface area contributed by atoms with E-state index in [0.29, 0.717) is 17.1 Å². The van der Waals surface area contributed by atoms with Gasteiger partial charge in [0, 0.05) is 5.56 Å². The summed E-state index contributed by atoms with van der Waals surface area (Å²) in [4.78, 5) is 11.6. The van der Waals surface area contributed by atoms with E-state index in [-0.39, 0.29) is 12.5 Å². The number of nitriles is 1. The fourth-order valence-corrected chi connectivity index (χ4v) is 1.42. The van der Waals surface area contributed by atoms with E-state index in [1.807, 2.05) is 13.0 Å². The first-order valence-corrected chi connectivity index (χ1v) is 5.62. The maximum Gasteiger partial charge on any atom is 0.263 e. The van der Waals surface area contributed by atoms with Crippen molar-refractivity contribution in [1.82, 2.24) is 10.2 Å². The molecule has 2 N–H and O–H groups in total. The monoisotopic (exact) mass is 256 g/mol. The average molecular weight is 256 g/mol. The lowest BCUT2D eigenvalue weighted by Gasteiger charge is -2.06. The molecule has 0 atom stereocenters. The number of nitrogens with zero attached hydrogens (tertiary/aromatic N) is 2. The van der Waals surface area contributed by atoms with E-state index in [9.17, 15) is 4.79 Å². The summed E-state index contributed by atoms with van der Waals surface area (Å²) in [6, 6.07) is 8.56. The van der Waals surface area contributed by atoms with E-state index in [1.54, 1.807) is 30.5 Å². The van der Waals surface area contributed by atoms with E-state index in [1.165, 1.54) is 0 Å². The number of nitrogens with one attached hydrogen (secondary N) is 2. The zero-order valence-corrected chi connectivity index (χ0v) is 10.3. The van der Waals surface area contributed by atoms with Gasteiger partial charge in [-0.25, -0.2) is 0 Å². The van der Waals surface area contributed by atoms with Crippen LogP contribution in [0.15, 0.2) is 30.5 Å². The number of amides is 1. The second-order valence-corrected chi connectivity index (χ2v) is 3.90. The quantitative estimate of drug-likeness (QED) is 0.869. The molecule has 6 heteroatoms. The largest absolute Gasteiger partial charge is 0.484 e. The van der Waals surface area contributed by atoms with Gasteiger partial charge in [0.25, 0.3) is 5.91 Å². The maximum absolute atomic E-state index is 11.6. The molecule has 0 aliphatic carbocycles. The summed E-state index contributed by atoms with van der Waals surface area (Å²) in [5, 5.41) is 17.8. The van der Waals surface area contributed by atoms with Crippen LogP contribution in [0.3, 0.4) is 0 Å². The summed E-state index contributed by atoms with van der Waals surface area (Å²) in [7, 11) is 0. The summed E-state index contributed by atoms with van der Waals surface area (Å²) in [5.41, 5.74) is 1.40. The molecular formula is C13H12N4O2. The Morgan fingerprint density at radius 3 is 2.79 bits per heavy atom. The lowest BCUT2D eigenvalue weighted by Crippen LogP contribution is -2.20. The van der Waals surface area contributed by atoms with Gasteiger partial charge in [0.05, 0.1) is 17.8 Å². The highest BCUT2D eigenvalue weighted by atomic mass is 16.5. The van der Waals surface area contributed by atoms with Gasteiger partial charge in [-0.05, 0) is 31.2 Å². The first-order chi connectivity index (χ1) is 9.19. The van der Waals surface area contributed by atoms with Crippen LogP contribution in [0.2, 0.25) is 0 Å². The Kier molecular flexibility index (Phi) is 3.78. The second-order valence-electron chi connectivity index (χ2n) is 3.90. The van der Waals surface area contributed by atoms with E-state index < -0.39 is 0 Å². The number of ether oxygens (including phenoxy) is 1. The highest BCUT2D eigenvalue weighted by Crippen LogP contribution is 2.12. The molecule has 0 aliphatic heterocycles. The van der Waals surface area contributed by atoms with Crippen molar-refractivity contribution >= 4 is 11.7 Å². The van der Waals surface area contributed by atoms with Crippen LogP contribution in [0, 0.1) is 18.3 Å². The number of rotatable bonds is 4. The zero-order valence-electron chi connectivity index (χ0n) is 10.3. The third-order valence-electron chi connectivity index (χ3n) is 2.45.